The third kappa shape index (κ3) is 2.43. The lowest BCUT2D eigenvalue weighted by molar-refractivity contribution is 0.0699. The highest BCUT2D eigenvalue weighted by Crippen LogP contribution is 2.26. The van der Waals surface area contributed by atoms with Crippen LogP contribution in [0.3, 0.4) is 0 Å². The van der Waals surface area contributed by atoms with Crippen LogP contribution in [-0.2, 0) is 19.9 Å². The first-order valence-electron chi connectivity index (χ1n) is 7.86. The fourth-order valence-electron chi connectivity index (χ4n) is 3.15. The molecule has 0 saturated carbocycles. The molecule has 1 aliphatic carbocycles. The van der Waals surface area contributed by atoms with Crippen molar-refractivity contribution in [3.8, 4) is 0 Å². The molecule has 1 saturated heterocycles. The number of hydrogen-bond acceptors (Lipinski definition) is 6. The summed E-state index contributed by atoms with van der Waals surface area (Å²) in [7, 11) is 3.56. The number of likely N-dealkylation sites (N-methyl/N-ethyl adjacent to an activating group) is 1. The number of carbonyl (C=O) groups excluding carboxylic acids is 1. The van der Waals surface area contributed by atoms with Crippen LogP contribution in [0.1, 0.15) is 28.2 Å². The first-order valence-corrected chi connectivity index (χ1v) is 7.86. The molecule has 1 aliphatic heterocycles. The summed E-state index contributed by atoms with van der Waals surface area (Å²) in [4.78, 5) is 16.3. The van der Waals surface area contributed by atoms with Crippen LogP contribution in [0.5, 0.6) is 0 Å². The standard InChI is InChI=1S/C15H19N7O/c1-20-9-13(17-19-20)15(23)21(2)11-7-22(8-11)14-6-10-4-3-5-12(10)16-18-14/h6,9,11H,3-5,7-8H2,1-2H3. The van der Waals surface area contributed by atoms with Gasteiger partial charge >= 0.3 is 0 Å². The Morgan fingerprint density at radius 1 is 1.26 bits per heavy atom. The van der Waals surface area contributed by atoms with Gasteiger partial charge in [-0.2, -0.15) is 5.10 Å². The van der Waals surface area contributed by atoms with Crippen LogP contribution in [0.15, 0.2) is 12.3 Å². The quantitative estimate of drug-likeness (QED) is 0.797. The van der Waals surface area contributed by atoms with E-state index in [0.717, 1.165) is 37.4 Å². The molecule has 1 amide bonds. The van der Waals surface area contributed by atoms with Crippen LogP contribution in [-0.4, -0.2) is 62.2 Å². The molecule has 120 valence electrons. The molecule has 1 fully saturated rings. The maximum Gasteiger partial charge on any atom is 0.276 e. The van der Waals surface area contributed by atoms with Gasteiger partial charge in [0.15, 0.2) is 11.5 Å². The van der Waals surface area contributed by atoms with E-state index < -0.39 is 0 Å². The summed E-state index contributed by atoms with van der Waals surface area (Å²) in [6, 6.07) is 2.32. The SMILES string of the molecule is CN(C(=O)c1cn(C)nn1)C1CN(c2cc3c(nn2)CCC3)C1. The van der Waals surface area contributed by atoms with Crippen molar-refractivity contribution in [2.45, 2.75) is 25.3 Å². The monoisotopic (exact) mass is 313 g/mol. The molecule has 0 aromatic carbocycles. The van der Waals surface area contributed by atoms with Gasteiger partial charge in [-0.05, 0) is 30.9 Å². The Hall–Kier alpha value is -2.51. The lowest BCUT2D eigenvalue weighted by Gasteiger charge is -2.44. The molecular weight excluding hydrogens is 294 g/mol. The van der Waals surface area contributed by atoms with Crippen molar-refractivity contribution in [2.75, 3.05) is 25.0 Å². The van der Waals surface area contributed by atoms with Crippen LogP contribution in [0.2, 0.25) is 0 Å². The largest absolute Gasteiger partial charge is 0.351 e. The molecule has 2 aliphatic rings. The topological polar surface area (TPSA) is 80.0 Å². The Morgan fingerprint density at radius 3 is 2.83 bits per heavy atom. The van der Waals surface area contributed by atoms with Crippen molar-refractivity contribution in [3.05, 3.63) is 29.2 Å². The van der Waals surface area contributed by atoms with E-state index in [0.29, 0.717) is 5.69 Å². The third-order valence-electron chi connectivity index (χ3n) is 4.68. The van der Waals surface area contributed by atoms with Gasteiger partial charge in [0.05, 0.1) is 17.9 Å². The van der Waals surface area contributed by atoms with E-state index in [4.69, 9.17) is 0 Å². The van der Waals surface area contributed by atoms with Crippen LogP contribution in [0, 0.1) is 0 Å². The molecule has 2 aromatic rings. The second-order valence-electron chi connectivity index (χ2n) is 6.28. The van der Waals surface area contributed by atoms with Crippen LogP contribution >= 0.6 is 0 Å². The zero-order chi connectivity index (χ0) is 16.0. The second kappa shape index (κ2) is 5.29. The first kappa shape index (κ1) is 14.1. The summed E-state index contributed by atoms with van der Waals surface area (Å²) in [6.07, 6.45) is 4.95. The molecule has 3 heterocycles. The van der Waals surface area contributed by atoms with Gasteiger partial charge in [-0.1, -0.05) is 5.21 Å². The van der Waals surface area contributed by atoms with Crippen LogP contribution in [0.4, 0.5) is 5.82 Å². The van der Waals surface area contributed by atoms with Gasteiger partial charge in [-0.3, -0.25) is 9.48 Å². The third-order valence-corrected chi connectivity index (χ3v) is 4.68. The maximum atomic E-state index is 12.4. The predicted molar refractivity (Wildman–Crippen MR) is 83.2 cm³/mol. The Bertz CT molecular complexity index is 750. The molecule has 0 radical (unpaired) electrons. The number of hydrogen-bond donors (Lipinski definition) is 0. The van der Waals surface area contributed by atoms with Gasteiger partial charge in [0, 0.05) is 27.2 Å². The number of aromatic nitrogens is 5. The van der Waals surface area contributed by atoms with Crippen molar-refractivity contribution in [2.24, 2.45) is 7.05 Å². The van der Waals surface area contributed by atoms with Crippen molar-refractivity contribution in [1.82, 2.24) is 30.1 Å². The van der Waals surface area contributed by atoms with E-state index in [-0.39, 0.29) is 11.9 Å². The highest BCUT2D eigenvalue weighted by atomic mass is 16.2. The summed E-state index contributed by atoms with van der Waals surface area (Å²) in [6.45, 7) is 1.55. The Balaban J connectivity index is 1.40. The minimum absolute atomic E-state index is 0.0946. The fourth-order valence-corrected chi connectivity index (χ4v) is 3.15. The Morgan fingerprint density at radius 2 is 2.09 bits per heavy atom. The predicted octanol–water partition coefficient (Wildman–Crippen LogP) is 0.0546. The second-order valence-corrected chi connectivity index (χ2v) is 6.28. The lowest BCUT2D eigenvalue weighted by atomic mass is 10.1. The molecule has 8 nitrogen and oxygen atoms in total. The van der Waals surface area contributed by atoms with Gasteiger partial charge in [-0.25, -0.2) is 0 Å². The Labute approximate surface area is 134 Å². The van der Waals surface area contributed by atoms with Crippen molar-refractivity contribution in [1.29, 1.82) is 0 Å². The van der Waals surface area contributed by atoms with Crippen LogP contribution < -0.4 is 4.90 Å². The summed E-state index contributed by atoms with van der Waals surface area (Å²) in [5.74, 6) is 0.824. The molecule has 2 aromatic heterocycles. The normalized spacial score (nSPS) is 17.0. The molecule has 0 spiro atoms. The van der Waals surface area contributed by atoms with Gasteiger partial charge in [0.2, 0.25) is 0 Å². The van der Waals surface area contributed by atoms with Gasteiger partial charge in [-0.15, -0.1) is 10.2 Å². The highest BCUT2D eigenvalue weighted by molar-refractivity contribution is 5.92. The number of aryl methyl sites for hydroxylation is 3. The molecule has 0 atom stereocenters. The van der Waals surface area contributed by atoms with E-state index >= 15 is 0 Å². The van der Waals surface area contributed by atoms with E-state index in [2.05, 4.69) is 31.5 Å². The maximum absolute atomic E-state index is 12.4. The number of anilines is 1. The number of fused-ring (bicyclic) bond motifs is 1. The minimum atomic E-state index is -0.0946. The van der Waals surface area contributed by atoms with E-state index in [1.54, 1.807) is 18.1 Å². The molecule has 8 heteroatoms. The molecule has 23 heavy (non-hydrogen) atoms. The average molecular weight is 313 g/mol. The molecular formula is C15H19N7O. The van der Waals surface area contributed by atoms with Crippen LogP contribution in [0.25, 0.3) is 0 Å². The van der Waals surface area contributed by atoms with E-state index in [1.807, 2.05) is 7.05 Å². The Kier molecular flexibility index (Phi) is 3.24. The van der Waals surface area contributed by atoms with E-state index in [9.17, 15) is 4.79 Å². The first-order chi connectivity index (χ1) is 11.1. The van der Waals surface area contributed by atoms with Gasteiger partial charge in [0.1, 0.15) is 0 Å². The molecule has 0 unspecified atom stereocenters. The van der Waals surface area contributed by atoms with Gasteiger partial charge in [0.25, 0.3) is 5.91 Å². The van der Waals surface area contributed by atoms with E-state index in [1.165, 1.54) is 16.7 Å². The lowest BCUT2D eigenvalue weighted by Crippen LogP contribution is -2.60. The van der Waals surface area contributed by atoms with Crippen molar-refractivity contribution < 1.29 is 4.79 Å². The zero-order valence-electron chi connectivity index (χ0n) is 13.3. The molecule has 0 bridgehead atoms. The van der Waals surface area contributed by atoms with Crippen molar-refractivity contribution >= 4 is 11.7 Å². The highest BCUT2D eigenvalue weighted by Gasteiger charge is 2.34. The average Bonchev–Trinajstić information content (AvgIpc) is 3.13. The molecule has 4 rings (SSSR count). The number of nitrogens with zero attached hydrogens (tertiary/aromatic N) is 7. The summed E-state index contributed by atoms with van der Waals surface area (Å²) in [5, 5.41) is 16.3. The van der Waals surface area contributed by atoms with Crippen molar-refractivity contribution in [3.63, 3.8) is 0 Å². The summed E-state index contributed by atoms with van der Waals surface area (Å²) in [5.41, 5.74) is 2.84. The minimum Gasteiger partial charge on any atom is -0.351 e. The van der Waals surface area contributed by atoms with Gasteiger partial charge < -0.3 is 9.80 Å². The molecule has 0 N–H and O–H groups in total. The summed E-state index contributed by atoms with van der Waals surface area (Å²) >= 11 is 0. The number of rotatable bonds is 3. The number of amides is 1. The fraction of sp³-hybridized carbons (Fsp3) is 0.533. The smallest absolute Gasteiger partial charge is 0.276 e. The zero-order valence-corrected chi connectivity index (χ0v) is 13.3. The summed E-state index contributed by atoms with van der Waals surface area (Å²) < 4.78 is 1.54. The number of carbonyl (C=O) groups is 1.